The third-order valence-corrected chi connectivity index (χ3v) is 6.35. The van der Waals surface area contributed by atoms with E-state index < -0.39 is 5.97 Å². The third-order valence-electron chi connectivity index (χ3n) is 2.58. The monoisotopic (exact) mass is 376 g/mol. The maximum atomic E-state index is 12.0. The van der Waals surface area contributed by atoms with Crippen molar-refractivity contribution in [3.8, 4) is 0 Å². The summed E-state index contributed by atoms with van der Waals surface area (Å²) in [5, 5.41) is 12.7. The molecule has 0 radical (unpaired) electrons. The van der Waals surface area contributed by atoms with Gasteiger partial charge in [0.25, 0.3) is 5.91 Å². The Hall–Kier alpha value is -0.960. The highest BCUT2D eigenvalue weighted by molar-refractivity contribution is 8.76. The fraction of sp³-hybridized carbons (Fsp3) is 0.308. The number of nitrogens with zero attached hydrogens (tertiary/aromatic N) is 1. The molecular formula is C13H13ClN2O3S3. The first-order valence-corrected chi connectivity index (χ1v) is 10.0. The summed E-state index contributed by atoms with van der Waals surface area (Å²) in [5.74, 6) is 0.367. The van der Waals surface area contributed by atoms with Gasteiger partial charge in [0, 0.05) is 35.8 Å². The summed E-state index contributed by atoms with van der Waals surface area (Å²) < 4.78 is 0.885. The molecule has 2 rings (SSSR count). The normalized spacial score (nSPS) is 10.8. The number of carbonyl (C=O) groups is 2. The number of hydrogen-bond acceptors (Lipinski definition) is 6. The van der Waals surface area contributed by atoms with Crippen molar-refractivity contribution in [2.45, 2.75) is 6.42 Å². The average Bonchev–Trinajstić information content (AvgIpc) is 2.91. The smallest absolute Gasteiger partial charge is 0.304 e. The molecule has 0 atom stereocenters. The van der Waals surface area contributed by atoms with Crippen LogP contribution in [-0.4, -0.2) is 40.0 Å². The van der Waals surface area contributed by atoms with Crippen LogP contribution in [0.3, 0.4) is 0 Å². The number of carbonyl (C=O) groups excluding carboxylic acids is 1. The number of pyridine rings is 1. The third kappa shape index (κ3) is 5.05. The molecule has 0 saturated carbocycles. The Morgan fingerprint density at radius 3 is 2.82 bits per heavy atom. The number of thiophene rings is 1. The molecule has 0 spiro atoms. The molecule has 0 bridgehead atoms. The number of rotatable bonds is 8. The Kier molecular flexibility index (Phi) is 6.81. The maximum absolute atomic E-state index is 12.0. The summed E-state index contributed by atoms with van der Waals surface area (Å²) in [6.07, 6.45) is 3.40. The van der Waals surface area contributed by atoms with Crippen LogP contribution in [0.2, 0.25) is 5.02 Å². The minimum absolute atomic E-state index is 0.131. The van der Waals surface area contributed by atoms with Crippen molar-refractivity contribution < 1.29 is 14.7 Å². The number of fused-ring (bicyclic) bond motifs is 1. The summed E-state index contributed by atoms with van der Waals surface area (Å²) in [6.45, 7) is 0.532. The van der Waals surface area contributed by atoms with Crippen LogP contribution >= 0.6 is 44.5 Å². The SMILES string of the molecule is O=C(O)CCSSCCNC(=O)c1cc2c(Cl)cncc2s1. The Labute approximate surface area is 144 Å². The van der Waals surface area contributed by atoms with Crippen LogP contribution in [0.1, 0.15) is 16.1 Å². The lowest BCUT2D eigenvalue weighted by Gasteiger charge is -2.02. The van der Waals surface area contributed by atoms with Gasteiger partial charge in [-0.3, -0.25) is 14.6 Å². The molecule has 0 aromatic carbocycles. The van der Waals surface area contributed by atoms with Crippen LogP contribution in [0, 0.1) is 0 Å². The van der Waals surface area contributed by atoms with E-state index in [1.165, 1.54) is 22.1 Å². The second-order valence-electron chi connectivity index (χ2n) is 4.19. The van der Waals surface area contributed by atoms with Gasteiger partial charge in [-0.25, -0.2) is 0 Å². The van der Waals surface area contributed by atoms with Crippen LogP contribution < -0.4 is 5.32 Å². The lowest BCUT2D eigenvalue weighted by Crippen LogP contribution is -2.24. The maximum Gasteiger partial charge on any atom is 0.304 e. The first kappa shape index (κ1) is 17.4. The molecular weight excluding hydrogens is 364 g/mol. The Balaban J connectivity index is 1.75. The van der Waals surface area contributed by atoms with E-state index in [1.807, 2.05) is 0 Å². The first-order valence-electron chi connectivity index (χ1n) is 6.35. The van der Waals surface area contributed by atoms with Gasteiger partial charge in [0.2, 0.25) is 0 Å². The predicted molar refractivity (Wildman–Crippen MR) is 94.1 cm³/mol. The molecule has 2 aromatic heterocycles. The van der Waals surface area contributed by atoms with E-state index in [0.717, 1.165) is 15.8 Å². The van der Waals surface area contributed by atoms with Crippen LogP contribution in [0.5, 0.6) is 0 Å². The lowest BCUT2D eigenvalue weighted by molar-refractivity contribution is -0.136. The van der Waals surface area contributed by atoms with Crippen LogP contribution in [-0.2, 0) is 4.79 Å². The van der Waals surface area contributed by atoms with Crippen molar-refractivity contribution in [2.24, 2.45) is 0 Å². The zero-order valence-electron chi connectivity index (χ0n) is 11.4. The zero-order chi connectivity index (χ0) is 15.9. The summed E-state index contributed by atoms with van der Waals surface area (Å²) in [6, 6.07) is 1.77. The molecule has 2 heterocycles. The molecule has 0 saturated heterocycles. The van der Waals surface area contributed by atoms with E-state index in [4.69, 9.17) is 16.7 Å². The van der Waals surface area contributed by atoms with Gasteiger partial charge >= 0.3 is 5.97 Å². The summed E-state index contributed by atoms with van der Waals surface area (Å²) in [5.41, 5.74) is 0. The van der Waals surface area contributed by atoms with E-state index in [0.29, 0.717) is 22.2 Å². The number of carboxylic acid groups (broad SMARTS) is 1. The van der Waals surface area contributed by atoms with Gasteiger partial charge < -0.3 is 10.4 Å². The van der Waals surface area contributed by atoms with E-state index in [-0.39, 0.29) is 12.3 Å². The van der Waals surface area contributed by atoms with Gasteiger partial charge in [-0.1, -0.05) is 33.2 Å². The molecule has 0 fully saturated rings. The number of aliphatic carboxylic acids is 1. The fourth-order valence-corrected chi connectivity index (χ4v) is 4.71. The lowest BCUT2D eigenvalue weighted by atomic mass is 10.3. The van der Waals surface area contributed by atoms with Crippen molar-refractivity contribution in [3.05, 3.63) is 28.4 Å². The summed E-state index contributed by atoms with van der Waals surface area (Å²) in [4.78, 5) is 27.0. The summed E-state index contributed by atoms with van der Waals surface area (Å²) in [7, 11) is 3.05. The van der Waals surface area contributed by atoms with Crippen molar-refractivity contribution in [1.82, 2.24) is 10.3 Å². The Morgan fingerprint density at radius 1 is 1.32 bits per heavy atom. The van der Waals surface area contributed by atoms with Gasteiger partial charge in [0.1, 0.15) is 0 Å². The van der Waals surface area contributed by atoms with Crippen molar-refractivity contribution >= 4 is 66.5 Å². The number of hydrogen-bond donors (Lipinski definition) is 2. The second-order valence-corrected chi connectivity index (χ2v) is 8.38. The van der Waals surface area contributed by atoms with Gasteiger partial charge in [-0.2, -0.15) is 0 Å². The van der Waals surface area contributed by atoms with E-state index in [1.54, 1.807) is 29.3 Å². The molecule has 0 aliphatic carbocycles. The average molecular weight is 377 g/mol. The topological polar surface area (TPSA) is 79.3 Å². The highest BCUT2D eigenvalue weighted by atomic mass is 35.5. The van der Waals surface area contributed by atoms with E-state index in [9.17, 15) is 9.59 Å². The molecule has 9 heteroatoms. The number of amides is 1. The predicted octanol–water partition coefficient (Wildman–Crippen LogP) is 3.54. The van der Waals surface area contributed by atoms with Crippen LogP contribution in [0.25, 0.3) is 10.1 Å². The number of carboxylic acids is 1. The molecule has 2 aromatic rings. The highest BCUT2D eigenvalue weighted by Crippen LogP contribution is 2.30. The van der Waals surface area contributed by atoms with Gasteiger partial charge in [-0.15, -0.1) is 11.3 Å². The molecule has 0 aliphatic rings. The molecule has 0 aliphatic heterocycles. The molecule has 0 unspecified atom stereocenters. The molecule has 118 valence electrons. The van der Waals surface area contributed by atoms with Gasteiger partial charge in [-0.05, 0) is 6.07 Å². The first-order chi connectivity index (χ1) is 10.6. The Bertz CT molecular complexity index is 678. The largest absolute Gasteiger partial charge is 0.481 e. The quantitative estimate of drug-likeness (QED) is 0.542. The molecule has 2 N–H and O–H groups in total. The molecule has 1 amide bonds. The minimum Gasteiger partial charge on any atom is -0.481 e. The number of nitrogens with one attached hydrogen (secondary N) is 1. The fourth-order valence-electron chi connectivity index (χ4n) is 1.58. The molecule has 22 heavy (non-hydrogen) atoms. The van der Waals surface area contributed by atoms with E-state index >= 15 is 0 Å². The molecule has 5 nitrogen and oxygen atoms in total. The van der Waals surface area contributed by atoms with Crippen molar-refractivity contribution in [3.63, 3.8) is 0 Å². The van der Waals surface area contributed by atoms with E-state index in [2.05, 4.69) is 10.3 Å². The highest BCUT2D eigenvalue weighted by Gasteiger charge is 2.11. The van der Waals surface area contributed by atoms with Gasteiger partial charge in [0.05, 0.1) is 21.0 Å². The van der Waals surface area contributed by atoms with Crippen LogP contribution in [0.4, 0.5) is 0 Å². The van der Waals surface area contributed by atoms with Crippen LogP contribution in [0.15, 0.2) is 18.5 Å². The second kappa shape index (κ2) is 8.61. The number of halogens is 1. The van der Waals surface area contributed by atoms with Crippen molar-refractivity contribution in [2.75, 3.05) is 18.1 Å². The zero-order valence-corrected chi connectivity index (χ0v) is 14.6. The minimum atomic E-state index is -0.792. The number of aromatic nitrogens is 1. The van der Waals surface area contributed by atoms with Crippen molar-refractivity contribution in [1.29, 1.82) is 0 Å². The van der Waals surface area contributed by atoms with Gasteiger partial charge in [0.15, 0.2) is 0 Å². The Morgan fingerprint density at radius 2 is 2.09 bits per heavy atom. The standard InChI is InChI=1S/C13H13ClN2O3S3/c14-9-6-15-7-11-8(9)5-10(22-11)13(19)16-2-4-21-20-3-1-12(17)18/h5-7H,1-4H2,(H,16,19)(H,17,18). The summed E-state index contributed by atoms with van der Waals surface area (Å²) >= 11 is 7.40.